The van der Waals surface area contributed by atoms with Gasteiger partial charge >= 0.3 is 0 Å². The van der Waals surface area contributed by atoms with Crippen LogP contribution in [0.2, 0.25) is 0 Å². The van der Waals surface area contributed by atoms with Crippen molar-refractivity contribution in [3.05, 3.63) is 17.8 Å². The van der Waals surface area contributed by atoms with E-state index in [9.17, 15) is 0 Å². The first kappa shape index (κ1) is 11.2. The summed E-state index contributed by atoms with van der Waals surface area (Å²) in [4.78, 5) is 4.43. The zero-order valence-corrected chi connectivity index (χ0v) is 10.2. The van der Waals surface area contributed by atoms with Crippen molar-refractivity contribution in [2.75, 3.05) is 17.6 Å². The van der Waals surface area contributed by atoms with Crippen LogP contribution in [0.25, 0.3) is 0 Å². The van der Waals surface area contributed by atoms with Crippen molar-refractivity contribution in [3.8, 4) is 0 Å². The van der Waals surface area contributed by atoms with Crippen LogP contribution in [0.3, 0.4) is 0 Å². The standard InChI is InChI=1S/C13H21N3/c1-3-6-13(7-8-13)9-15-12-11(14)5-4-10(2)16-12/h4-5H,3,6-9,14H2,1-2H3,(H,15,16). The van der Waals surface area contributed by atoms with Crippen molar-refractivity contribution in [3.63, 3.8) is 0 Å². The average Bonchev–Trinajstić information content (AvgIpc) is 3.01. The largest absolute Gasteiger partial charge is 0.396 e. The molecule has 1 saturated carbocycles. The Labute approximate surface area is 97.5 Å². The molecule has 0 spiro atoms. The lowest BCUT2D eigenvalue weighted by molar-refractivity contribution is 0.485. The fourth-order valence-electron chi connectivity index (χ4n) is 2.20. The van der Waals surface area contributed by atoms with Gasteiger partial charge in [-0.25, -0.2) is 4.98 Å². The van der Waals surface area contributed by atoms with E-state index in [1.54, 1.807) is 0 Å². The number of nitrogens with one attached hydrogen (secondary N) is 1. The fraction of sp³-hybridized carbons (Fsp3) is 0.615. The third kappa shape index (κ3) is 2.46. The van der Waals surface area contributed by atoms with Crippen molar-refractivity contribution in [2.45, 2.75) is 39.5 Å². The molecule has 0 saturated heterocycles. The summed E-state index contributed by atoms with van der Waals surface area (Å²) in [6, 6.07) is 3.86. The molecule has 88 valence electrons. The van der Waals surface area contributed by atoms with Crippen LogP contribution in [-0.2, 0) is 0 Å². The van der Waals surface area contributed by atoms with Gasteiger partial charge in [0.15, 0.2) is 0 Å². The Morgan fingerprint density at radius 1 is 1.44 bits per heavy atom. The van der Waals surface area contributed by atoms with Crippen LogP contribution in [0.15, 0.2) is 12.1 Å². The normalized spacial score (nSPS) is 17.1. The summed E-state index contributed by atoms with van der Waals surface area (Å²) in [5.41, 5.74) is 8.18. The predicted molar refractivity (Wildman–Crippen MR) is 68.5 cm³/mol. The fourth-order valence-corrected chi connectivity index (χ4v) is 2.20. The van der Waals surface area contributed by atoms with E-state index in [4.69, 9.17) is 5.73 Å². The second-order valence-electron chi connectivity index (χ2n) is 4.99. The Hall–Kier alpha value is -1.25. The minimum Gasteiger partial charge on any atom is -0.396 e. The number of aromatic nitrogens is 1. The number of nitrogen functional groups attached to an aromatic ring is 1. The number of nitrogens with zero attached hydrogens (tertiary/aromatic N) is 1. The van der Waals surface area contributed by atoms with Gasteiger partial charge in [0.25, 0.3) is 0 Å². The van der Waals surface area contributed by atoms with Gasteiger partial charge in [0.1, 0.15) is 5.82 Å². The summed E-state index contributed by atoms with van der Waals surface area (Å²) in [6.45, 7) is 5.25. The third-order valence-electron chi connectivity index (χ3n) is 3.43. The molecule has 1 aliphatic carbocycles. The Morgan fingerprint density at radius 2 is 2.19 bits per heavy atom. The molecule has 1 aromatic rings. The lowest BCUT2D eigenvalue weighted by Gasteiger charge is -2.16. The van der Waals surface area contributed by atoms with E-state index in [0.717, 1.165) is 23.7 Å². The lowest BCUT2D eigenvalue weighted by Crippen LogP contribution is -2.17. The highest BCUT2D eigenvalue weighted by Crippen LogP contribution is 2.49. The molecule has 0 aliphatic heterocycles. The van der Waals surface area contributed by atoms with Gasteiger partial charge in [0, 0.05) is 12.2 Å². The second-order valence-corrected chi connectivity index (χ2v) is 4.99. The smallest absolute Gasteiger partial charge is 0.149 e. The highest BCUT2D eigenvalue weighted by molar-refractivity contribution is 5.61. The van der Waals surface area contributed by atoms with Gasteiger partial charge in [-0.1, -0.05) is 13.3 Å². The molecule has 2 rings (SSSR count). The Kier molecular flexibility index (Phi) is 3.03. The van der Waals surface area contributed by atoms with Gasteiger partial charge in [0.05, 0.1) is 5.69 Å². The lowest BCUT2D eigenvalue weighted by atomic mass is 10.0. The number of anilines is 2. The maximum atomic E-state index is 5.89. The summed E-state index contributed by atoms with van der Waals surface area (Å²) in [6.07, 6.45) is 5.27. The molecule has 0 atom stereocenters. The van der Waals surface area contributed by atoms with E-state index in [1.165, 1.54) is 25.7 Å². The molecule has 3 N–H and O–H groups in total. The predicted octanol–water partition coefficient (Wildman–Crippen LogP) is 2.96. The quantitative estimate of drug-likeness (QED) is 0.800. The van der Waals surface area contributed by atoms with E-state index >= 15 is 0 Å². The van der Waals surface area contributed by atoms with Gasteiger partial charge in [-0.05, 0) is 43.7 Å². The summed E-state index contributed by atoms with van der Waals surface area (Å²) in [7, 11) is 0. The molecule has 1 heterocycles. The number of pyridine rings is 1. The molecule has 0 unspecified atom stereocenters. The topological polar surface area (TPSA) is 50.9 Å². The van der Waals surface area contributed by atoms with Crippen LogP contribution in [0.5, 0.6) is 0 Å². The maximum absolute atomic E-state index is 5.89. The van der Waals surface area contributed by atoms with Gasteiger partial charge in [0.2, 0.25) is 0 Å². The minimum absolute atomic E-state index is 0.534. The Bertz CT molecular complexity index is 369. The molecule has 1 aliphatic rings. The van der Waals surface area contributed by atoms with Crippen molar-refractivity contribution in [1.82, 2.24) is 4.98 Å². The maximum Gasteiger partial charge on any atom is 0.149 e. The average molecular weight is 219 g/mol. The molecule has 0 radical (unpaired) electrons. The minimum atomic E-state index is 0.534. The van der Waals surface area contributed by atoms with E-state index in [2.05, 4.69) is 17.2 Å². The van der Waals surface area contributed by atoms with Crippen molar-refractivity contribution >= 4 is 11.5 Å². The molecule has 1 aromatic heterocycles. The van der Waals surface area contributed by atoms with Crippen LogP contribution in [0.1, 0.15) is 38.3 Å². The summed E-state index contributed by atoms with van der Waals surface area (Å²) in [5, 5.41) is 3.41. The molecule has 0 amide bonds. The van der Waals surface area contributed by atoms with Gasteiger partial charge in [-0.3, -0.25) is 0 Å². The van der Waals surface area contributed by atoms with Gasteiger partial charge in [-0.2, -0.15) is 0 Å². The van der Waals surface area contributed by atoms with E-state index in [0.29, 0.717) is 5.41 Å². The molecule has 0 bridgehead atoms. The van der Waals surface area contributed by atoms with Crippen LogP contribution in [-0.4, -0.2) is 11.5 Å². The van der Waals surface area contributed by atoms with Crippen LogP contribution in [0, 0.1) is 12.3 Å². The first-order valence-electron chi connectivity index (χ1n) is 6.12. The monoisotopic (exact) mass is 219 g/mol. The molecule has 1 fully saturated rings. The highest BCUT2D eigenvalue weighted by Gasteiger charge is 2.41. The summed E-state index contributed by atoms with van der Waals surface area (Å²) in [5.74, 6) is 0.849. The molecular formula is C13H21N3. The van der Waals surface area contributed by atoms with E-state index < -0.39 is 0 Å². The number of aryl methyl sites for hydroxylation is 1. The zero-order valence-electron chi connectivity index (χ0n) is 10.2. The van der Waals surface area contributed by atoms with E-state index in [1.807, 2.05) is 19.1 Å². The highest BCUT2D eigenvalue weighted by atomic mass is 15.0. The first-order valence-corrected chi connectivity index (χ1v) is 6.12. The molecule has 3 nitrogen and oxygen atoms in total. The molecule has 3 heteroatoms. The van der Waals surface area contributed by atoms with Crippen molar-refractivity contribution in [2.24, 2.45) is 5.41 Å². The van der Waals surface area contributed by atoms with Crippen LogP contribution >= 0.6 is 0 Å². The zero-order chi connectivity index (χ0) is 11.6. The Morgan fingerprint density at radius 3 is 2.81 bits per heavy atom. The molecule has 16 heavy (non-hydrogen) atoms. The van der Waals surface area contributed by atoms with Gasteiger partial charge in [-0.15, -0.1) is 0 Å². The van der Waals surface area contributed by atoms with Crippen molar-refractivity contribution in [1.29, 1.82) is 0 Å². The summed E-state index contributed by atoms with van der Waals surface area (Å²) < 4.78 is 0. The molecular weight excluding hydrogens is 198 g/mol. The SMILES string of the molecule is CCCC1(CNc2nc(C)ccc2N)CC1. The number of rotatable bonds is 5. The Balaban J connectivity index is 1.97. The summed E-state index contributed by atoms with van der Waals surface area (Å²) >= 11 is 0. The first-order chi connectivity index (χ1) is 7.65. The molecule has 0 aromatic carbocycles. The number of hydrogen-bond donors (Lipinski definition) is 2. The van der Waals surface area contributed by atoms with Crippen LogP contribution in [0.4, 0.5) is 11.5 Å². The number of nitrogens with two attached hydrogens (primary N) is 1. The third-order valence-corrected chi connectivity index (χ3v) is 3.43. The number of hydrogen-bond acceptors (Lipinski definition) is 3. The van der Waals surface area contributed by atoms with Crippen LogP contribution < -0.4 is 11.1 Å². The van der Waals surface area contributed by atoms with Crippen molar-refractivity contribution < 1.29 is 0 Å². The van der Waals surface area contributed by atoms with Gasteiger partial charge < -0.3 is 11.1 Å². The second kappa shape index (κ2) is 4.32. The van der Waals surface area contributed by atoms with E-state index in [-0.39, 0.29) is 0 Å².